The molecule has 2 N–H and O–H groups in total. The Bertz CT molecular complexity index is 403. The summed E-state index contributed by atoms with van der Waals surface area (Å²) in [6.45, 7) is 8.23. The first-order valence-electron chi connectivity index (χ1n) is 7.29. The lowest BCUT2D eigenvalue weighted by atomic mass is 9.88. The zero-order valence-electron chi connectivity index (χ0n) is 12.2. The van der Waals surface area contributed by atoms with Gasteiger partial charge in [-0.05, 0) is 43.4 Å². The Morgan fingerprint density at radius 1 is 1.32 bits per heavy atom. The quantitative estimate of drug-likeness (QED) is 0.886. The maximum atomic E-state index is 5.79. The van der Waals surface area contributed by atoms with Crippen molar-refractivity contribution in [1.82, 2.24) is 0 Å². The molecule has 0 unspecified atom stereocenters. The first-order chi connectivity index (χ1) is 9.12. The van der Waals surface area contributed by atoms with Gasteiger partial charge in [0.05, 0.1) is 12.3 Å². The Hall–Kier alpha value is -1.22. The second kappa shape index (κ2) is 6.29. The molecule has 19 heavy (non-hydrogen) atoms. The molecule has 2 rings (SSSR count). The number of rotatable bonds is 5. The largest absolute Gasteiger partial charge is 0.491 e. The summed E-state index contributed by atoms with van der Waals surface area (Å²) in [4.78, 5) is 2.45. The zero-order chi connectivity index (χ0) is 13.7. The number of nitrogens with zero attached hydrogens (tertiary/aromatic N) is 1. The van der Waals surface area contributed by atoms with Crippen molar-refractivity contribution in [3.8, 4) is 5.75 Å². The summed E-state index contributed by atoms with van der Waals surface area (Å²) in [5, 5.41) is 0. The highest BCUT2D eigenvalue weighted by Crippen LogP contribution is 2.31. The highest BCUT2D eigenvalue weighted by molar-refractivity contribution is 5.58. The monoisotopic (exact) mass is 262 g/mol. The maximum Gasteiger partial charge on any atom is 0.142 e. The summed E-state index contributed by atoms with van der Waals surface area (Å²) >= 11 is 0. The van der Waals surface area contributed by atoms with E-state index in [9.17, 15) is 0 Å². The molecule has 1 aliphatic rings. The zero-order valence-corrected chi connectivity index (χ0v) is 12.2. The molecule has 0 atom stereocenters. The van der Waals surface area contributed by atoms with Crippen LogP contribution in [0.3, 0.4) is 0 Å². The van der Waals surface area contributed by atoms with Crippen LogP contribution in [0, 0.1) is 5.41 Å². The molecule has 0 radical (unpaired) electrons. The molecule has 0 aliphatic carbocycles. The van der Waals surface area contributed by atoms with Gasteiger partial charge in [0.15, 0.2) is 0 Å². The van der Waals surface area contributed by atoms with Crippen LogP contribution in [0.1, 0.15) is 33.1 Å². The number of nitrogens with two attached hydrogens (primary N) is 1. The fourth-order valence-electron chi connectivity index (χ4n) is 2.48. The van der Waals surface area contributed by atoms with Crippen LogP contribution >= 0.6 is 0 Å². The molecule has 0 saturated heterocycles. The van der Waals surface area contributed by atoms with Crippen LogP contribution in [0.4, 0.5) is 5.69 Å². The van der Waals surface area contributed by atoms with Gasteiger partial charge in [0.2, 0.25) is 0 Å². The first-order valence-corrected chi connectivity index (χ1v) is 7.29. The lowest BCUT2D eigenvalue weighted by molar-refractivity contribution is 0.321. The predicted octanol–water partition coefficient (Wildman–Crippen LogP) is 3.04. The van der Waals surface area contributed by atoms with E-state index in [1.807, 2.05) is 6.07 Å². The lowest BCUT2D eigenvalue weighted by Crippen LogP contribution is -2.28. The summed E-state index contributed by atoms with van der Waals surface area (Å²) < 4.78 is 5.79. The van der Waals surface area contributed by atoms with Gasteiger partial charge >= 0.3 is 0 Å². The fraction of sp³-hybridized carbons (Fsp3) is 0.625. The second-order valence-corrected chi connectivity index (χ2v) is 6.13. The van der Waals surface area contributed by atoms with Crippen LogP contribution in [-0.4, -0.2) is 26.2 Å². The van der Waals surface area contributed by atoms with E-state index in [1.165, 1.54) is 18.5 Å². The standard InChI is InChI=1S/C16H26N2O/c1-16(2,13-17)9-5-10-18-11-6-12-19-15-8-4-3-7-14(15)18/h3-4,7-8H,5-6,9-13,17H2,1-2H3. The molecule has 0 saturated carbocycles. The van der Waals surface area contributed by atoms with E-state index in [-0.39, 0.29) is 5.41 Å². The molecule has 0 fully saturated rings. The number of para-hydroxylation sites is 2. The third-order valence-electron chi connectivity index (χ3n) is 3.87. The highest BCUT2D eigenvalue weighted by Gasteiger charge is 2.18. The van der Waals surface area contributed by atoms with Gasteiger partial charge in [0.25, 0.3) is 0 Å². The Kier molecular flexibility index (Phi) is 4.70. The van der Waals surface area contributed by atoms with Crippen molar-refractivity contribution in [3.63, 3.8) is 0 Å². The van der Waals surface area contributed by atoms with Gasteiger partial charge in [-0.2, -0.15) is 0 Å². The number of fused-ring (bicyclic) bond motifs is 1. The Morgan fingerprint density at radius 3 is 2.89 bits per heavy atom. The van der Waals surface area contributed by atoms with Crippen LogP contribution in [0.2, 0.25) is 0 Å². The third-order valence-corrected chi connectivity index (χ3v) is 3.87. The topological polar surface area (TPSA) is 38.5 Å². The Labute approximate surface area is 116 Å². The van der Waals surface area contributed by atoms with Crippen molar-refractivity contribution in [3.05, 3.63) is 24.3 Å². The van der Waals surface area contributed by atoms with Crippen molar-refractivity contribution in [2.24, 2.45) is 11.1 Å². The van der Waals surface area contributed by atoms with Gasteiger partial charge in [-0.15, -0.1) is 0 Å². The Balaban J connectivity index is 1.97. The van der Waals surface area contributed by atoms with Gasteiger partial charge in [-0.25, -0.2) is 0 Å². The average Bonchev–Trinajstić information content (AvgIpc) is 2.61. The molecular formula is C16H26N2O. The molecule has 3 nitrogen and oxygen atoms in total. The predicted molar refractivity (Wildman–Crippen MR) is 80.8 cm³/mol. The molecule has 1 heterocycles. The molecule has 0 spiro atoms. The minimum Gasteiger partial charge on any atom is -0.491 e. The number of hydrogen-bond donors (Lipinski definition) is 1. The van der Waals surface area contributed by atoms with Gasteiger partial charge in [-0.1, -0.05) is 26.0 Å². The number of ether oxygens (including phenoxy) is 1. The molecule has 0 bridgehead atoms. The maximum absolute atomic E-state index is 5.79. The van der Waals surface area contributed by atoms with E-state index in [1.54, 1.807) is 0 Å². The fourth-order valence-corrected chi connectivity index (χ4v) is 2.48. The van der Waals surface area contributed by atoms with E-state index >= 15 is 0 Å². The van der Waals surface area contributed by atoms with Crippen LogP contribution in [-0.2, 0) is 0 Å². The van der Waals surface area contributed by atoms with Crippen LogP contribution in [0.15, 0.2) is 24.3 Å². The van der Waals surface area contributed by atoms with Gasteiger partial charge in [0, 0.05) is 13.1 Å². The van der Waals surface area contributed by atoms with Crippen LogP contribution in [0.5, 0.6) is 5.75 Å². The summed E-state index contributed by atoms with van der Waals surface area (Å²) in [7, 11) is 0. The Morgan fingerprint density at radius 2 is 2.11 bits per heavy atom. The van der Waals surface area contributed by atoms with Crippen LogP contribution in [0.25, 0.3) is 0 Å². The SMILES string of the molecule is CC(C)(CN)CCCN1CCCOc2ccccc21. The molecular weight excluding hydrogens is 236 g/mol. The number of benzene rings is 1. The number of hydrogen-bond acceptors (Lipinski definition) is 3. The summed E-state index contributed by atoms with van der Waals surface area (Å²) in [5.74, 6) is 1.03. The van der Waals surface area contributed by atoms with Crippen LogP contribution < -0.4 is 15.4 Å². The first kappa shape index (κ1) is 14.2. The number of anilines is 1. The van der Waals surface area contributed by atoms with Gasteiger partial charge in [-0.3, -0.25) is 0 Å². The molecule has 0 amide bonds. The van der Waals surface area contributed by atoms with Gasteiger partial charge in [0.1, 0.15) is 5.75 Å². The van der Waals surface area contributed by atoms with E-state index in [0.717, 1.165) is 38.4 Å². The van der Waals surface area contributed by atoms with Gasteiger partial charge < -0.3 is 15.4 Å². The smallest absolute Gasteiger partial charge is 0.142 e. The molecule has 0 aromatic heterocycles. The van der Waals surface area contributed by atoms with Crippen molar-refractivity contribution < 1.29 is 4.74 Å². The summed E-state index contributed by atoms with van der Waals surface area (Å²) in [6, 6.07) is 8.36. The molecule has 3 heteroatoms. The molecule has 106 valence electrons. The molecule has 1 aromatic rings. The minimum atomic E-state index is 0.252. The van der Waals surface area contributed by atoms with Crippen molar-refractivity contribution in [1.29, 1.82) is 0 Å². The van der Waals surface area contributed by atoms with Crippen molar-refractivity contribution in [2.75, 3.05) is 31.1 Å². The van der Waals surface area contributed by atoms with E-state index in [2.05, 4.69) is 36.9 Å². The van der Waals surface area contributed by atoms with E-state index in [0.29, 0.717) is 0 Å². The van der Waals surface area contributed by atoms with Crippen molar-refractivity contribution in [2.45, 2.75) is 33.1 Å². The molecule has 1 aromatic carbocycles. The summed E-state index contributed by atoms with van der Waals surface area (Å²) in [6.07, 6.45) is 3.44. The average molecular weight is 262 g/mol. The van der Waals surface area contributed by atoms with E-state index < -0.39 is 0 Å². The highest BCUT2D eigenvalue weighted by atomic mass is 16.5. The second-order valence-electron chi connectivity index (χ2n) is 6.13. The third kappa shape index (κ3) is 3.87. The van der Waals surface area contributed by atoms with E-state index in [4.69, 9.17) is 10.5 Å². The van der Waals surface area contributed by atoms with Crippen molar-refractivity contribution >= 4 is 5.69 Å². The minimum absolute atomic E-state index is 0.252. The normalized spacial score (nSPS) is 15.6. The lowest BCUT2D eigenvalue weighted by Gasteiger charge is -2.27. The summed E-state index contributed by atoms with van der Waals surface area (Å²) in [5.41, 5.74) is 7.29. The molecule has 1 aliphatic heterocycles.